The predicted molar refractivity (Wildman–Crippen MR) is 54.2 cm³/mol. The molecule has 0 amide bonds. The summed E-state index contributed by atoms with van der Waals surface area (Å²) in [5, 5.41) is 4.68. The highest BCUT2D eigenvalue weighted by atomic mass is 32.2. The molecule has 0 saturated heterocycles. The first-order valence-corrected chi connectivity index (χ1v) is 5.94. The van der Waals surface area contributed by atoms with E-state index in [4.69, 9.17) is 0 Å². The number of hydrogen-bond donors (Lipinski definition) is 1. The predicted octanol–water partition coefficient (Wildman–Crippen LogP) is 1.14. The van der Waals surface area contributed by atoms with Gasteiger partial charge in [-0.3, -0.25) is 0 Å². The zero-order valence-corrected chi connectivity index (χ0v) is 9.80. The standard InChI is InChI=1S/C9H8F3NO4S/c1-17-8(14)5-2-3-6(9(10,11)12)7(4-5)18(13,15)16/h2-4H,1H3,(H2,13,15,16). The van der Waals surface area contributed by atoms with Crippen LogP contribution in [0.2, 0.25) is 0 Å². The lowest BCUT2D eigenvalue weighted by atomic mass is 10.1. The first kappa shape index (κ1) is 14.5. The van der Waals surface area contributed by atoms with E-state index in [1.54, 1.807) is 0 Å². The molecule has 0 heterocycles. The van der Waals surface area contributed by atoms with Crippen molar-refractivity contribution in [2.75, 3.05) is 7.11 Å². The van der Waals surface area contributed by atoms with Crippen LogP contribution >= 0.6 is 0 Å². The van der Waals surface area contributed by atoms with Crippen LogP contribution in [0.5, 0.6) is 0 Å². The van der Waals surface area contributed by atoms with Crippen molar-refractivity contribution in [1.82, 2.24) is 0 Å². The van der Waals surface area contributed by atoms with Gasteiger partial charge in [-0.25, -0.2) is 18.4 Å². The van der Waals surface area contributed by atoms with Crippen LogP contribution in [0.1, 0.15) is 15.9 Å². The summed E-state index contributed by atoms with van der Waals surface area (Å²) < 4.78 is 64.1. The monoisotopic (exact) mass is 283 g/mol. The Morgan fingerprint density at radius 2 is 1.89 bits per heavy atom. The van der Waals surface area contributed by atoms with Crippen LogP contribution in [-0.2, 0) is 20.9 Å². The molecule has 0 aliphatic heterocycles. The highest BCUT2D eigenvalue weighted by Gasteiger charge is 2.36. The van der Waals surface area contributed by atoms with Gasteiger partial charge in [0.2, 0.25) is 10.0 Å². The fourth-order valence-electron chi connectivity index (χ4n) is 1.24. The molecule has 5 nitrogen and oxygen atoms in total. The van der Waals surface area contributed by atoms with Gasteiger partial charge in [-0.2, -0.15) is 13.2 Å². The van der Waals surface area contributed by atoms with E-state index in [2.05, 4.69) is 9.88 Å². The number of alkyl halides is 3. The number of sulfonamides is 1. The number of esters is 1. The fraction of sp³-hybridized carbons (Fsp3) is 0.222. The number of rotatable bonds is 2. The van der Waals surface area contributed by atoms with Crippen molar-refractivity contribution in [3.8, 4) is 0 Å². The maximum atomic E-state index is 12.6. The number of halogens is 3. The summed E-state index contributed by atoms with van der Waals surface area (Å²) in [6.45, 7) is 0. The van der Waals surface area contributed by atoms with Crippen LogP contribution in [0.15, 0.2) is 23.1 Å². The van der Waals surface area contributed by atoms with Gasteiger partial charge in [-0.1, -0.05) is 0 Å². The molecule has 0 unspecified atom stereocenters. The van der Waals surface area contributed by atoms with Gasteiger partial charge >= 0.3 is 12.1 Å². The molecule has 0 aliphatic rings. The third-order valence-corrected chi connectivity index (χ3v) is 2.97. The second kappa shape index (κ2) is 4.58. The van der Waals surface area contributed by atoms with E-state index >= 15 is 0 Å². The zero-order valence-electron chi connectivity index (χ0n) is 8.98. The molecule has 1 rings (SSSR count). The Hall–Kier alpha value is -1.61. The summed E-state index contributed by atoms with van der Waals surface area (Å²) in [4.78, 5) is 9.95. The average molecular weight is 283 g/mol. The molecule has 1 aromatic carbocycles. The van der Waals surface area contributed by atoms with Crippen LogP contribution in [0, 0.1) is 0 Å². The number of benzene rings is 1. The van der Waals surface area contributed by atoms with Crippen molar-refractivity contribution in [3.63, 3.8) is 0 Å². The second-order valence-corrected chi connectivity index (χ2v) is 4.78. The molecule has 1 aromatic rings. The molecular weight excluding hydrogens is 275 g/mol. The Bertz CT molecular complexity index is 580. The molecule has 0 atom stereocenters. The maximum Gasteiger partial charge on any atom is 0.417 e. The molecule has 0 radical (unpaired) electrons. The smallest absolute Gasteiger partial charge is 0.417 e. The number of carbonyl (C=O) groups is 1. The Kier molecular flexibility index (Phi) is 3.67. The van der Waals surface area contributed by atoms with E-state index < -0.39 is 32.6 Å². The summed E-state index contributed by atoms with van der Waals surface area (Å²) in [5.41, 5.74) is -1.77. The molecule has 0 bridgehead atoms. The summed E-state index contributed by atoms with van der Waals surface area (Å²) in [5.74, 6) is -0.964. The summed E-state index contributed by atoms with van der Waals surface area (Å²) in [6, 6.07) is 1.80. The second-order valence-electron chi connectivity index (χ2n) is 3.25. The Labute approximate surface area is 100 Å². The molecule has 0 aromatic heterocycles. The number of hydrogen-bond acceptors (Lipinski definition) is 4. The van der Waals surface area contributed by atoms with Crippen molar-refractivity contribution in [3.05, 3.63) is 29.3 Å². The van der Waals surface area contributed by atoms with Crippen molar-refractivity contribution in [2.24, 2.45) is 5.14 Å². The largest absolute Gasteiger partial charge is 0.465 e. The van der Waals surface area contributed by atoms with Gasteiger partial charge in [0.25, 0.3) is 0 Å². The lowest BCUT2D eigenvalue weighted by molar-refractivity contribution is -0.139. The van der Waals surface area contributed by atoms with E-state index in [-0.39, 0.29) is 5.56 Å². The number of primary sulfonamides is 1. The Morgan fingerprint density at radius 3 is 2.28 bits per heavy atom. The van der Waals surface area contributed by atoms with E-state index in [1.165, 1.54) is 0 Å². The molecule has 0 fully saturated rings. The minimum atomic E-state index is -4.89. The minimum Gasteiger partial charge on any atom is -0.465 e. The van der Waals surface area contributed by atoms with Gasteiger partial charge in [0.05, 0.1) is 23.1 Å². The van der Waals surface area contributed by atoms with Gasteiger partial charge < -0.3 is 4.74 Å². The van der Waals surface area contributed by atoms with Gasteiger partial charge in [-0.15, -0.1) is 0 Å². The fourth-order valence-corrected chi connectivity index (χ4v) is 2.02. The van der Waals surface area contributed by atoms with Crippen molar-refractivity contribution in [2.45, 2.75) is 11.1 Å². The first-order valence-electron chi connectivity index (χ1n) is 4.39. The average Bonchev–Trinajstić information content (AvgIpc) is 2.24. The van der Waals surface area contributed by atoms with Crippen LogP contribution in [0.3, 0.4) is 0 Å². The molecule has 0 spiro atoms. The van der Waals surface area contributed by atoms with Gasteiger partial charge in [-0.05, 0) is 18.2 Å². The Morgan fingerprint density at radius 1 is 1.33 bits per heavy atom. The molecule has 18 heavy (non-hydrogen) atoms. The summed E-state index contributed by atoms with van der Waals surface area (Å²) in [7, 11) is -3.60. The van der Waals surface area contributed by atoms with Crippen molar-refractivity contribution in [1.29, 1.82) is 0 Å². The third-order valence-electron chi connectivity index (χ3n) is 2.01. The first-order chi connectivity index (χ1) is 8.07. The van der Waals surface area contributed by atoms with Crippen LogP contribution in [0.25, 0.3) is 0 Å². The lowest BCUT2D eigenvalue weighted by Gasteiger charge is -2.12. The third kappa shape index (κ3) is 2.99. The lowest BCUT2D eigenvalue weighted by Crippen LogP contribution is -2.20. The molecule has 9 heteroatoms. The SMILES string of the molecule is COC(=O)c1ccc(C(F)(F)F)c(S(N)(=O)=O)c1. The van der Waals surface area contributed by atoms with Gasteiger partial charge in [0.15, 0.2) is 0 Å². The zero-order chi connectivity index (χ0) is 14.1. The van der Waals surface area contributed by atoms with Gasteiger partial charge in [0, 0.05) is 0 Å². The number of carbonyl (C=O) groups excluding carboxylic acids is 1. The quantitative estimate of drug-likeness (QED) is 0.824. The molecular formula is C9H8F3NO4S. The van der Waals surface area contributed by atoms with E-state index in [1.807, 2.05) is 0 Å². The number of ether oxygens (including phenoxy) is 1. The molecule has 0 aliphatic carbocycles. The van der Waals surface area contributed by atoms with Crippen molar-refractivity contribution < 1.29 is 31.1 Å². The highest BCUT2D eigenvalue weighted by Crippen LogP contribution is 2.34. The van der Waals surface area contributed by atoms with E-state index in [9.17, 15) is 26.4 Å². The Balaban J connectivity index is 3.55. The molecule has 0 saturated carbocycles. The van der Waals surface area contributed by atoms with Crippen LogP contribution < -0.4 is 5.14 Å². The molecule has 100 valence electrons. The van der Waals surface area contributed by atoms with Crippen LogP contribution in [0.4, 0.5) is 13.2 Å². The normalized spacial score (nSPS) is 12.3. The summed E-state index contributed by atoms with van der Waals surface area (Å²) in [6.07, 6.45) is -4.89. The number of methoxy groups -OCH3 is 1. The van der Waals surface area contributed by atoms with Crippen molar-refractivity contribution >= 4 is 16.0 Å². The number of nitrogens with two attached hydrogens (primary N) is 1. The van der Waals surface area contributed by atoms with E-state index in [0.717, 1.165) is 13.2 Å². The minimum absolute atomic E-state index is 0.338. The highest BCUT2D eigenvalue weighted by molar-refractivity contribution is 7.89. The summed E-state index contributed by atoms with van der Waals surface area (Å²) >= 11 is 0. The van der Waals surface area contributed by atoms with E-state index in [0.29, 0.717) is 12.1 Å². The maximum absolute atomic E-state index is 12.6. The molecule has 2 N–H and O–H groups in total. The van der Waals surface area contributed by atoms with Crippen LogP contribution in [-0.4, -0.2) is 21.5 Å². The van der Waals surface area contributed by atoms with Gasteiger partial charge in [0.1, 0.15) is 0 Å². The topological polar surface area (TPSA) is 86.5 Å².